The second kappa shape index (κ2) is 12.1. The first-order valence-corrected chi connectivity index (χ1v) is 11.7. The molecule has 0 spiro atoms. The molecule has 0 unspecified atom stereocenters. The lowest BCUT2D eigenvalue weighted by molar-refractivity contribution is 0.198. The maximum Gasteiger partial charge on any atom is 0.191 e. The van der Waals surface area contributed by atoms with Crippen LogP contribution in [0, 0.1) is 0 Å². The van der Waals surface area contributed by atoms with Gasteiger partial charge in [-0.2, -0.15) is 0 Å². The monoisotopic (exact) mass is 446 g/mol. The molecule has 1 fully saturated rings. The van der Waals surface area contributed by atoms with Gasteiger partial charge in [0, 0.05) is 38.6 Å². The predicted molar refractivity (Wildman–Crippen MR) is 132 cm³/mol. The predicted octanol–water partition coefficient (Wildman–Crippen LogP) is 4.23. The number of nitrogens with one attached hydrogen (secondary N) is 2. The number of hydrogen-bond acceptors (Lipinski definition) is 4. The lowest BCUT2D eigenvalue weighted by Crippen LogP contribution is -2.48. The largest absolute Gasteiger partial charge is 0.497 e. The lowest BCUT2D eigenvalue weighted by atomic mass is 10.0. The second-order valence-electron chi connectivity index (χ2n) is 8.45. The molecular formula is C27H34N4O2. The van der Waals surface area contributed by atoms with Crippen molar-refractivity contribution in [3.63, 3.8) is 0 Å². The van der Waals surface area contributed by atoms with Crippen LogP contribution in [0.5, 0.6) is 5.75 Å². The van der Waals surface area contributed by atoms with Crippen LogP contribution >= 0.6 is 0 Å². The molecule has 4 rings (SSSR count). The van der Waals surface area contributed by atoms with Gasteiger partial charge in [0.15, 0.2) is 5.96 Å². The number of aliphatic imine (C=N–C) groups is 1. The zero-order valence-electron chi connectivity index (χ0n) is 19.4. The molecule has 0 saturated carbocycles. The summed E-state index contributed by atoms with van der Waals surface area (Å²) in [5.74, 6) is 2.70. The summed E-state index contributed by atoms with van der Waals surface area (Å²) in [4.78, 5) is 7.39. The average molecular weight is 447 g/mol. The molecule has 33 heavy (non-hydrogen) atoms. The van der Waals surface area contributed by atoms with E-state index < -0.39 is 0 Å². The van der Waals surface area contributed by atoms with Crippen molar-refractivity contribution in [1.29, 1.82) is 0 Å². The number of rotatable bonds is 9. The van der Waals surface area contributed by atoms with E-state index in [1.54, 1.807) is 13.4 Å². The van der Waals surface area contributed by atoms with Gasteiger partial charge in [-0.3, -0.25) is 4.90 Å². The Morgan fingerprint density at radius 2 is 1.79 bits per heavy atom. The first-order chi connectivity index (χ1) is 16.3. The smallest absolute Gasteiger partial charge is 0.191 e. The van der Waals surface area contributed by atoms with Gasteiger partial charge < -0.3 is 19.8 Å². The number of likely N-dealkylation sites (tertiary alicyclic amines) is 1. The molecule has 0 radical (unpaired) electrons. The van der Waals surface area contributed by atoms with Gasteiger partial charge >= 0.3 is 0 Å². The Labute approximate surface area is 196 Å². The van der Waals surface area contributed by atoms with Crippen molar-refractivity contribution in [2.45, 2.75) is 38.4 Å². The first-order valence-electron chi connectivity index (χ1n) is 11.7. The maximum absolute atomic E-state index is 5.46. The van der Waals surface area contributed by atoms with Gasteiger partial charge in [0.05, 0.1) is 19.9 Å². The van der Waals surface area contributed by atoms with Crippen LogP contribution in [-0.2, 0) is 19.5 Å². The minimum Gasteiger partial charge on any atom is -0.497 e. The molecule has 6 heteroatoms. The summed E-state index contributed by atoms with van der Waals surface area (Å²) < 4.78 is 10.7. The molecule has 174 valence electrons. The Hall–Kier alpha value is -3.25. The summed E-state index contributed by atoms with van der Waals surface area (Å²) in [7, 11) is 1.68. The quantitative estimate of drug-likeness (QED) is 0.380. The Morgan fingerprint density at radius 1 is 1.00 bits per heavy atom. The number of methoxy groups -OCH3 is 1. The summed E-state index contributed by atoms with van der Waals surface area (Å²) >= 11 is 0. The minimum absolute atomic E-state index is 0.419. The summed E-state index contributed by atoms with van der Waals surface area (Å²) in [6.45, 7) is 4.59. The maximum atomic E-state index is 5.46. The summed E-state index contributed by atoms with van der Waals surface area (Å²) in [6, 6.07) is 23.1. The molecule has 1 aliphatic heterocycles. The second-order valence-corrected chi connectivity index (χ2v) is 8.45. The van der Waals surface area contributed by atoms with Crippen LogP contribution in [0.2, 0.25) is 0 Å². The normalized spacial score (nSPS) is 15.4. The van der Waals surface area contributed by atoms with E-state index in [2.05, 4.69) is 58.0 Å². The van der Waals surface area contributed by atoms with Gasteiger partial charge in [-0.15, -0.1) is 0 Å². The van der Waals surface area contributed by atoms with E-state index in [4.69, 9.17) is 14.1 Å². The standard InChI is InChI=1S/C27H34N4O2/c1-32-25-11-9-22(10-12-25)20-29-27(28-16-13-26-8-5-19-33-26)30-24-14-17-31(18-15-24)21-23-6-3-2-4-7-23/h2-12,19,24H,13-18,20-21H2,1H3,(H2,28,29,30). The van der Waals surface area contributed by atoms with E-state index in [-0.39, 0.29) is 0 Å². The fourth-order valence-corrected chi connectivity index (χ4v) is 4.08. The van der Waals surface area contributed by atoms with Crippen LogP contribution in [-0.4, -0.2) is 43.6 Å². The van der Waals surface area contributed by atoms with Crippen molar-refractivity contribution in [3.05, 3.63) is 89.9 Å². The van der Waals surface area contributed by atoms with Crippen molar-refractivity contribution in [1.82, 2.24) is 15.5 Å². The molecule has 0 bridgehead atoms. The Bertz CT molecular complexity index is 963. The molecule has 3 aromatic rings. The van der Waals surface area contributed by atoms with Crippen molar-refractivity contribution in [2.24, 2.45) is 4.99 Å². The summed E-state index contributed by atoms with van der Waals surface area (Å²) in [5, 5.41) is 7.16. The van der Waals surface area contributed by atoms with Crippen molar-refractivity contribution in [2.75, 3.05) is 26.7 Å². The van der Waals surface area contributed by atoms with Crippen LogP contribution in [0.3, 0.4) is 0 Å². The van der Waals surface area contributed by atoms with Crippen LogP contribution < -0.4 is 15.4 Å². The fraction of sp³-hybridized carbons (Fsp3) is 0.370. The molecule has 6 nitrogen and oxygen atoms in total. The minimum atomic E-state index is 0.419. The van der Waals surface area contributed by atoms with E-state index in [0.29, 0.717) is 12.6 Å². The number of piperidine rings is 1. The highest BCUT2D eigenvalue weighted by Crippen LogP contribution is 2.15. The third-order valence-corrected chi connectivity index (χ3v) is 6.00. The highest BCUT2D eigenvalue weighted by Gasteiger charge is 2.20. The van der Waals surface area contributed by atoms with Crippen molar-refractivity contribution in [3.8, 4) is 5.75 Å². The van der Waals surface area contributed by atoms with E-state index in [9.17, 15) is 0 Å². The van der Waals surface area contributed by atoms with Gasteiger partial charge in [0.1, 0.15) is 11.5 Å². The van der Waals surface area contributed by atoms with Crippen LogP contribution in [0.4, 0.5) is 0 Å². The lowest BCUT2D eigenvalue weighted by Gasteiger charge is -2.33. The SMILES string of the molecule is COc1ccc(CN=C(NCCc2ccco2)NC2CCN(Cc3ccccc3)CC2)cc1. The third-order valence-electron chi connectivity index (χ3n) is 6.00. The zero-order valence-corrected chi connectivity index (χ0v) is 19.4. The van der Waals surface area contributed by atoms with E-state index in [0.717, 1.165) is 68.5 Å². The van der Waals surface area contributed by atoms with Crippen LogP contribution in [0.25, 0.3) is 0 Å². The summed E-state index contributed by atoms with van der Waals surface area (Å²) in [6.07, 6.45) is 4.75. The summed E-state index contributed by atoms with van der Waals surface area (Å²) in [5.41, 5.74) is 2.53. The average Bonchev–Trinajstić information content (AvgIpc) is 3.38. The molecule has 2 heterocycles. The highest BCUT2D eigenvalue weighted by atomic mass is 16.5. The van der Waals surface area contributed by atoms with Crippen LogP contribution in [0.15, 0.2) is 82.4 Å². The molecule has 1 aliphatic rings. The number of furan rings is 1. The highest BCUT2D eigenvalue weighted by molar-refractivity contribution is 5.80. The fourth-order valence-electron chi connectivity index (χ4n) is 4.08. The number of ether oxygens (including phenoxy) is 1. The number of guanidine groups is 1. The Balaban J connectivity index is 1.31. The van der Waals surface area contributed by atoms with Gasteiger partial charge in [-0.1, -0.05) is 42.5 Å². The topological polar surface area (TPSA) is 62.0 Å². The van der Waals surface area contributed by atoms with E-state index in [1.807, 2.05) is 24.3 Å². The first kappa shape index (κ1) is 22.9. The molecule has 1 saturated heterocycles. The van der Waals surface area contributed by atoms with Crippen LogP contribution in [0.1, 0.15) is 29.7 Å². The van der Waals surface area contributed by atoms with E-state index in [1.165, 1.54) is 5.56 Å². The van der Waals surface area contributed by atoms with Gasteiger partial charge in [0.2, 0.25) is 0 Å². The number of benzene rings is 2. The van der Waals surface area contributed by atoms with Crippen molar-refractivity contribution < 1.29 is 9.15 Å². The number of hydrogen-bond donors (Lipinski definition) is 2. The van der Waals surface area contributed by atoms with Gasteiger partial charge in [-0.25, -0.2) is 4.99 Å². The molecule has 2 aromatic carbocycles. The third kappa shape index (κ3) is 7.39. The zero-order chi connectivity index (χ0) is 22.7. The Morgan fingerprint density at radius 3 is 2.48 bits per heavy atom. The van der Waals surface area contributed by atoms with Crippen molar-refractivity contribution >= 4 is 5.96 Å². The number of nitrogens with zero attached hydrogens (tertiary/aromatic N) is 2. The van der Waals surface area contributed by atoms with Gasteiger partial charge in [0.25, 0.3) is 0 Å². The molecule has 2 N–H and O–H groups in total. The molecule has 0 atom stereocenters. The molecule has 1 aromatic heterocycles. The van der Waals surface area contributed by atoms with E-state index >= 15 is 0 Å². The molecule has 0 aliphatic carbocycles. The molecular weight excluding hydrogens is 412 g/mol. The molecule has 0 amide bonds. The Kier molecular flexibility index (Phi) is 8.42. The van der Waals surface area contributed by atoms with Gasteiger partial charge in [-0.05, 0) is 48.2 Å².